The summed E-state index contributed by atoms with van der Waals surface area (Å²) in [5.74, 6) is 1.04. The van der Waals surface area contributed by atoms with Gasteiger partial charge in [-0.15, -0.1) is 0 Å². The van der Waals surface area contributed by atoms with E-state index in [9.17, 15) is 13.2 Å². The number of alkyl halides is 3. The number of fused-ring (bicyclic) bond motifs is 1. The van der Waals surface area contributed by atoms with Gasteiger partial charge in [0.05, 0.1) is 17.7 Å². The molecule has 0 saturated carbocycles. The molecule has 2 aromatic heterocycles. The van der Waals surface area contributed by atoms with Crippen molar-refractivity contribution in [2.45, 2.75) is 46.0 Å². The minimum absolute atomic E-state index is 0.244. The van der Waals surface area contributed by atoms with Crippen molar-refractivity contribution in [1.29, 1.82) is 0 Å². The van der Waals surface area contributed by atoms with E-state index in [0.717, 1.165) is 59.0 Å². The Hall–Kier alpha value is -2.75. The van der Waals surface area contributed by atoms with Crippen LogP contribution in [0.15, 0.2) is 23.0 Å². The fourth-order valence-electron chi connectivity index (χ4n) is 4.26. The van der Waals surface area contributed by atoms with Crippen molar-refractivity contribution >= 4 is 17.9 Å². The van der Waals surface area contributed by atoms with Crippen LogP contribution in [0.25, 0.3) is 5.70 Å². The number of aliphatic imine (C=N–C) groups is 1. The maximum absolute atomic E-state index is 12.8. The first-order chi connectivity index (χ1) is 14.2. The van der Waals surface area contributed by atoms with Crippen LogP contribution in [0.1, 0.15) is 35.4 Å². The molecule has 7 nitrogen and oxygen atoms in total. The summed E-state index contributed by atoms with van der Waals surface area (Å²) in [5.41, 5.74) is 11.3. The molecule has 1 fully saturated rings. The SMILES string of the molecule is Cc1nn(CC(F)(F)F)c(C)c1CN1CCC(/C(N)=C2/NC=Nc3[nH]ccc32)CC1. The van der Waals surface area contributed by atoms with Crippen molar-refractivity contribution in [2.75, 3.05) is 13.1 Å². The number of H-pyrrole nitrogens is 1. The molecular weight excluding hydrogens is 395 g/mol. The topological polar surface area (TPSA) is 87.3 Å². The molecule has 2 aromatic rings. The van der Waals surface area contributed by atoms with Crippen LogP contribution < -0.4 is 11.1 Å². The maximum atomic E-state index is 12.8. The van der Waals surface area contributed by atoms with E-state index < -0.39 is 12.7 Å². The van der Waals surface area contributed by atoms with E-state index in [1.165, 1.54) is 0 Å². The molecule has 30 heavy (non-hydrogen) atoms. The fourth-order valence-corrected chi connectivity index (χ4v) is 4.26. The summed E-state index contributed by atoms with van der Waals surface area (Å²) in [6.07, 6.45) is 0.987. The Morgan fingerprint density at radius 3 is 2.70 bits per heavy atom. The minimum Gasteiger partial charge on any atom is -0.400 e. The number of hydrogen-bond acceptors (Lipinski definition) is 5. The van der Waals surface area contributed by atoms with Gasteiger partial charge in [0.1, 0.15) is 12.4 Å². The number of likely N-dealkylation sites (tertiary alicyclic amines) is 1. The second-order valence-corrected chi connectivity index (χ2v) is 7.95. The Kier molecular flexibility index (Phi) is 5.35. The van der Waals surface area contributed by atoms with Gasteiger partial charge in [-0.3, -0.25) is 9.58 Å². The van der Waals surface area contributed by atoms with Crippen molar-refractivity contribution in [3.8, 4) is 0 Å². The predicted molar refractivity (Wildman–Crippen MR) is 109 cm³/mol. The third kappa shape index (κ3) is 4.09. The fraction of sp³-hybridized carbons (Fsp3) is 0.500. The molecule has 0 spiro atoms. The van der Waals surface area contributed by atoms with Gasteiger partial charge < -0.3 is 16.0 Å². The Morgan fingerprint density at radius 1 is 1.27 bits per heavy atom. The number of nitrogens with zero attached hydrogens (tertiary/aromatic N) is 4. The zero-order valence-corrected chi connectivity index (χ0v) is 17.1. The van der Waals surface area contributed by atoms with Gasteiger partial charge in [-0.1, -0.05) is 0 Å². The first kappa shape index (κ1) is 20.5. The van der Waals surface area contributed by atoms with Crippen molar-refractivity contribution in [1.82, 2.24) is 25.0 Å². The third-order valence-corrected chi connectivity index (χ3v) is 5.96. The highest BCUT2D eigenvalue weighted by Gasteiger charge is 2.31. The van der Waals surface area contributed by atoms with Gasteiger partial charge in [0.15, 0.2) is 0 Å². The number of rotatable bonds is 4. The Morgan fingerprint density at radius 2 is 2.00 bits per heavy atom. The lowest BCUT2D eigenvalue weighted by atomic mass is 9.91. The van der Waals surface area contributed by atoms with E-state index >= 15 is 0 Å². The van der Waals surface area contributed by atoms with Crippen molar-refractivity contribution in [3.63, 3.8) is 0 Å². The molecule has 4 heterocycles. The minimum atomic E-state index is -4.28. The lowest BCUT2D eigenvalue weighted by Gasteiger charge is -2.33. The third-order valence-electron chi connectivity index (χ3n) is 5.96. The highest BCUT2D eigenvalue weighted by atomic mass is 19.4. The van der Waals surface area contributed by atoms with Crippen LogP contribution in [0.3, 0.4) is 0 Å². The van der Waals surface area contributed by atoms with E-state index in [0.29, 0.717) is 17.9 Å². The first-order valence-corrected chi connectivity index (χ1v) is 10.0. The average Bonchev–Trinajstić information content (AvgIpc) is 3.27. The number of aromatic nitrogens is 3. The number of nitrogens with two attached hydrogens (primary N) is 1. The number of nitrogens with one attached hydrogen (secondary N) is 2. The Balaban J connectivity index is 1.41. The van der Waals surface area contributed by atoms with E-state index in [1.54, 1.807) is 20.2 Å². The molecule has 0 unspecified atom stereocenters. The summed E-state index contributed by atoms with van der Waals surface area (Å²) < 4.78 is 39.3. The van der Waals surface area contributed by atoms with Gasteiger partial charge >= 0.3 is 6.18 Å². The molecule has 2 aliphatic rings. The number of aromatic amines is 1. The van der Waals surface area contributed by atoms with Crippen LogP contribution in [-0.2, 0) is 13.1 Å². The standard InChI is InChI=1S/C20H26F3N7/c1-12-16(13(2)30(28-12)10-20(21,22)23)9-29-7-4-14(5-8-29)17(24)18-15-3-6-25-19(15)27-11-26-18/h3,6,11,14,25H,4-5,7-10,24H2,1-2H3,(H,26,27)/b18-17-. The summed E-state index contributed by atoms with van der Waals surface area (Å²) in [5, 5.41) is 7.27. The molecule has 162 valence electrons. The molecule has 4 N–H and O–H groups in total. The van der Waals surface area contributed by atoms with Gasteiger partial charge in [0, 0.05) is 41.2 Å². The molecule has 2 aliphatic heterocycles. The number of hydrogen-bond donors (Lipinski definition) is 3. The zero-order chi connectivity index (χ0) is 21.5. The van der Waals surface area contributed by atoms with Gasteiger partial charge in [0.25, 0.3) is 0 Å². The molecule has 0 atom stereocenters. The first-order valence-electron chi connectivity index (χ1n) is 10.0. The largest absolute Gasteiger partial charge is 0.408 e. The summed E-state index contributed by atoms with van der Waals surface area (Å²) in [6.45, 7) is 4.69. The lowest BCUT2D eigenvalue weighted by Crippen LogP contribution is -2.36. The maximum Gasteiger partial charge on any atom is 0.408 e. The molecule has 0 aromatic carbocycles. The Labute approximate surface area is 172 Å². The van der Waals surface area contributed by atoms with E-state index in [4.69, 9.17) is 5.73 Å². The van der Waals surface area contributed by atoms with Crippen LogP contribution in [0.4, 0.5) is 19.0 Å². The highest BCUT2D eigenvalue weighted by molar-refractivity contribution is 5.87. The molecule has 0 bridgehead atoms. The molecule has 0 amide bonds. The van der Waals surface area contributed by atoms with E-state index in [-0.39, 0.29) is 5.92 Å². The lowest BCUT2D eigenvalue weighted by molar-refractivity contribution is -0.142. The number of halogens is 3. The van der Waals surface area contributed by atoms with E-state index in [2.05, 4.69) is 25.3 Å². The number of piperidine rings is 1. The molecule has 10 heteroatoms. The second kappa shape index (κ2) is 7.82. The highest BCUT2D eigenvalue weighted by Crippen LogP contribution is 2.32. The van der Waals surface area contributed by atoms with Crippen molar-refractivity contribution in [3.05, 3.63) is 40.5 Å². The van der Waals surface area contributed by atoms with Gasteiger partial charge in [-0.2, -0.15) is 18.3 Å². The quantitative estimate of drug-likeness (QED) is 0.708. The zero-order valence-electron chi connectivity index (χ0n) is 17.1. The van der Waals surface area contributed by atoms with Crippen LogP contribution in [0.2, 0.25) is 0 Å². The summed E-state index contributed by atoms with van der Waals surface area (Å²) in [4.78, 5) is 9.62. The van der Waals surface area contributed by atoms with Crippen LogP contribution in [0, 0.1) is 19.8 Å². The monoisotopic (exact) mass is 421 g/mol. The molecule has 0 radical (unpaired) electrons. The van der Waals surface area contributed by atoms with Gasteiger partial charge in [0.2, 0.25) is 0 Å². The van der Waals surface area contributed by atoms with Gasteiger partial charge in [-0.25, -0.2) is 4.99 Å². The van der Waals surface area contributed by atoms with Crippen LogP contribution in [0.5, 0.6) is 0 Å². The Bertz CT molecular complexity index is 975. The predicted octanol–water partition coefficient (Wildman–Crippen LogP) is 3.19. The van der Waals surface area contributed by atoms with Gasteiger partial charge in [-0.05, 0) is 45.8 Å². The molecule has 4 rings (SSSR count). The molecule has 0 aliphatic carbocycles. The number of aryl methyl sites for hydroxylation is 1. The summed E-state index contributed by atoms with van der Waals surface area (Å²) >= 11 is 0. The second-order valence-electron chi connectivity index (χ2n) is 7.95. The van der Waals surface area contributed by atoms with Crippen LogP contribution >= 0.6 is 0 Å². The normalized spacial score (nSPS) is 19.6. The van der Waals surface area contributed by atoms with Crippen molar-refractivity contribution < 1.29 is 13.2 Å². The summed E-state index contributed by atoms with van der Waals surface area (Å²) in [6, 6.07) is 1.96. The number of allylic oxidation sites excluding steroid dienone is 1. The summed E-state index contributed by atoms with van der Waals surface area (Å²) in [7, 11) is 0. The molecule has 1 saturated heterocycles. The average molecular weight is 421 g/mol. The van der Waals surface area contributed by atoms with Crippen LogP contribution in [-0.4, -0.2) is 45.3 Å². The van der Waals surface area contributed by atoms with E-state index in [1.807, 2.05) is 12.3 Å². The smallest absolute Gasteiger partial charge is 0.400 e. The van der Waals surface area contributed by atoms with Crippen molar-refractivity contribution in [2.24, 2.45) is 16.6 Å². The molecular formula is C20H26F3N7.